The maximum Gasteiger partial charge on any atom is 0.222 e. The van der Waals surface area contributed by atoms with Crippen molar-refractivity contribution in [2.45, 2.75) is 26.6 Å². The predicted octanol–water partition coefficient (Wildman–Crippen LogP) is 3.72. The van der Waals surface area contributed by atoms with Crippen LogP contribution in [0.5, 0.6) is 0 Å². The number of aryl methyl sites for hydroxylation is 2. The van der Waals surface area contributed by atoms with Gasteiger partial charge in [0.2, 0.25) is 11.4 Å². The van der Waals surface area contributed by atoms with Gasteiger partial charge in [0, 0.05) is 16.8 Å². The first kappa shape index (κ1) is 15.4. The normalized spacial score (nSPS) is 11.3. The molecule has 0 saturated heterocycles. The average Bonchev–Trinajstić information content (AvgIpc) is 2.38. The maximum absolute atomic E-state index is 13.7. The Morgan fingerprint density at radius 2 is 1.86 bits per heavy atom. The Morgan fingerprint density at radius 1 is 1.19 bits per heavy atom. The fourth-order valence-corrected chi connectivity index (χ4v) is 3.52. The predicted molar refractivity (Wildman–Crippen MR) is 87.0 cm³/mol. The summed E-state index contributed by atoms with van der Waals surface area (Å²) in [7, 11) is 0.641. The van der Waals surface area contributed by atoms with Crippen molar-refractivity contribution >= 4 is 18.9 Å². The molecule has 0 saturated carbocycles. The molecule has 0 aliphatic heterocycles. The van der Waals surface area contributed by atoms with Gasteiger partial charge in [-0.25, -0.2) is 13.8 Å². The van der Waals surface area contributed by atoms with Crippen molar-refractivity contribution in [1.82, 2.24) is 0 Å². The van der Waals surface area contributed by atoms with E-state index < -0.39 is 13.9 Å². The van der Waals surface area contributed by atoms with Crippen molar-refractivity contribution in [3.63, 3.8) is 0 Å². The molecule has 1 aromatic heterocycles. The van der Waals surface area contributed by atoms with Crippen LogP contribution in [0.2, 0.25) is 19.6 Å². The quantitative estimate of drug-likeness (QED) is 0.454. The summed E-state index contributed by atoms with van der Waals surface area (Å²) in [6, 6.07) is 7.31. The molecule has 0 aliphatic carbocycles. The average molecular weight is 299 g/mol. The van der Waals surface area contributed by atoms with Crippen LogP contribution in [-0.2, 0) is 7.05 Å². The first-order valence-corrected chi connectivity index (χ1v) is 10.4. The van der Waals surface area contributed by atoms with Crippen LogP contribution in [0.4, 0.5) is 10.1 Å². The van der Waals surface area contributed by atoms with Gasteiger partial charge in [-0.3, -0.25) is 0 Å². The Morgan fingerprint density at radius 3 is 2.38 bits per heavy atom. The summed E-state index contributed by atoms with van der Waals surface area (Å²) in [5, 5.41) is 1.37. The van der Waals surface area contributed by atoms with Gasteiger partial charge in [-0.2, -0.15) is 0 Å². The van der Waals surface area contributed by atoms with Crippen molar-refractivity contribution in [2.24, 2.45) is 7.05 Å². The van der Waals surface area contributed by atoms with Crippen LogP contribution < -0.4 is 9.75 Å². The second-order valence-corrected chi connectivity index (χ2v) is 11.5. The van der Waals surface area contributed by atoms with Crippen LogP contribution in [0.3, 0.4) is 0 Å². The minimum atomic E-state index is -1.36. The van der Waals surface area contributed by atoms with Crippen LogP contribution in [0, 0.1) is 19.3 Å². The van der Waals surface area contributed by atoms with Crippen LogP contribution >= 0.6 is 0 Å². The van der Waals surface area contributed by atoms with Crippen molar-refractivity contribution in [3.8, 4) is 11.3 Å². The van der Waals surface area contributed by atoms with E-state index in [0.717, 1.165) is 16.8 Å². The highest BCUT2D eigenvalue weighted by Crippen LogP contribution is 2.28. The van der Waals surface area contributed by atoms with E-state index in [4.69, 9.17) is 6.57 Å². The molecule has 1 heterocycles. The van der Waals surface area contributed by atoms with Gasteiger partial charge in [0.05, 0.1) is 14.6 Å². The molecule has 1 aromatic carbocycles. The first-order chi connectivity index (χ1) is 9.74. The molecule has 0 bridgehead atoms. The lowest BCUT2D eigenvalue weighted by Gasteiger charge is -2.15. The molecule has 0 aliphatic rings. The summed E-state index contributed by atoms with van der Waals surface area (Å²) in [6.07, 6.45) is 2.15. The van der Waals surface area contributed by atoms with E-state index in [1.807, 2.05) is 14.0 Å². The summed E-state index contributed by atoms with van der Waals surface area (Å²) >= 11 is 0. The summed E-state index contributed by atoms with van der Waals surface area (Å²) in [4.78, 5) is 3.26. The molecule has 0 unspecified atom stereocenters. The molecule has 2 nitrogen and oxygen atoms in total. The molecule has 21 heavy (non-hydrogen) atoms. The van der Waals surface area contributed by atoms with Gasteiger partial charge in [-0.1, -0.05) is 25.7 Å². The number of hydrogen-bond donors (Lipinski definition) is 0. The molecule has 0 amide bonds. The topological polar surface area (TPSA) is 8.24 Å². The number of nitrogens with zero attached hydrogens (tertiary/aromatic N) is 2. The van der Waals surface area contributed by atoms with E-state index >= 15 is 0 Å². The number of halogens is 1. The molecule has 0 radical (unpaired) electrons. The van der Waals surface area contributed by atoms with Gasteiger partial charge in [0.15, 0.2) is 6.20 Å². The number of rotatable bonds is 2. The molecule has 0 N–H and O–H groups in total. The third-order valence-electron chi connectivity index (χ3n) is 3.69. The lowest BCUT2D eigenvalue weighted by Crippen LogP contribution is -2.44. The molecule has 108 valence electrons. The third kappa shape index (κ3) is 3.03. The molecular weight excluding hydrogens is 279 g/mol. The molecule has 2 aromatic rings. The van der Waals surface area contributed by atoms with Gasteiger partial charge >= 0.3 is 0 Å². The molecule has 0 atom stereocenters. The van der Waals surface area contributed by atoms with E-state index in [2.05, 4.69) is 47.4 Å². The highest BCUT2D eigenvalue weighted by atomic mass is 28.3. The smallest absolute Gasteiger partial charge is 0.222 e. The van der Waals surface area contributed by atoms with Crippen molar-refractivity contribution in [2.75, 3.05) is 0 Å². The van der Waals surface area contributed by atoms with Gasteiger partial charge in [0.1, 0.15) is 12.9 Å². The number of benzene rings is 1. The van der Waals surface area contributed by atoms with Crippen LogP contribution in [0.15, 0.2) is 30.5 Å². The minimum absolute atomic E-state index is 0.0740. The van der Waals surface area contributed by atoms with Crippen LogP contribution in [-0.4, -0.2) is 8.07 Å². The van der Waals surface area contributed by atoms with Crippen molar-refractivity contribution in [1.29, 1.82) is 0 Å². The van der Waals surface area contributed by atoms with Crippen molar-refractivity contribution < 1.29 is 8.96 Å². The van der Waals surface area contributed by atoms with E-state index in [1.165, 1.54) is 11.3 Å². The van der Waals surface area contributed by atoms with E-state index in [1.54, 1.807) is 6.07 Å². The Kier molecular flexibility index (Phi) is 3.97. The highest BCUT2D eigenvalue weighted by molar-refractivity contribution is 6.88. The zero-order chi connectivity index (χ0) is 15.8. The summed E-state index contributed by atoms with van der Waals surface area (Å²) in [6.45, 7) is 15.9. The lowest BCUT2D eigenvalue weighted by molar-refractivity contribution is -0.659. The highest BCUT2D eigenvalue weighted by Gasteiger charge is 2.22. The van der Waals surface area contributed by atoms with Crippen LogP contribution in [0.25, 0.3) is 16.1 Å². The Balaban J connectivity index is 2.61. The molecule has 2 rings (SSSR count). The number of pyridine rings is 1. The SMILES string of the molecule is [C-]#[N+]c1cc(-c2ccc([Si](C)(C)C)c[n+]2C)c(C)cc1F. The Bertz CT molecular complexity index is 740. The zero-order valence-corrected chi connectivity index (χ0v) is 14.2. The largest absolute Gasteiger partial charge is 0.235 e. The zero-order valence-electron chi connectivity index (χ0n) is 13.2. The molecule has 0 spiro atoms. The second kappa shape index (κ2) is 5.42. The number of hydrogen-bond acceptors (Lipinski definition) is 0. The summed E-state index contributed by atoms with van der Waals surface area (Å²) in [5.41, 5.74) is 2.83. The monoisotopic (exact) mass is 299 g/mol. The molecule has 4 heteroatoms. The summed E-state index contributed by atoms with van der Waals surface area (Å²) in [5.74, 6) is -0.451. The van der Waals surface area contributed by atoms with E-state index in [-0.39, 0.29) is 5.69 Å². The lowest BCUT2D eigenvalue weighted by atomic mass is 10.0. The second-order valence-electron chi connectivity index (χ2n) is 6.39. The fourth-order valence-electron chi connectivity index (χ4n) is 2.35. The van der Waals surface area contributed by atoms with Gasteiger partial charge < -0.3 is 0 Å². The molecular formula is C17H20FN2Si+. The van der Waals surface area contributed by atoms with Crippen LogP contribution in [0.1, 0.15) is 5.56 Å². The first-order valence-electron chi connectivity index (χ1n) is 6.92. The van der Waals surface area contributed by atoms with E-state index in [9.17, 15) is 4.39 Å². The van der Waals surface area contributed by atoms with Gasteiger partial charge in [-0.05, 0) is 24.6 Å². The molecule has 0 fully saturated rings. The van der Waals surface area contributed by atoms with Gasteiger partial charge in [-0.15, -0.1) is 0 Å². The Hall–Kier alpha value is -1.99. The van der Waals surface area contributed by atoms with Gasteiger partial charge in [0.25, 0.3) is 0 Å². The standard InChI is InChI=1S/C17H20FN2Si/c1-12-9-15(18)16(19-2)10-14(12)17-8-7-13(11-20(17)3)21(4,5)6/h7-11H,1,3-6H3/q+1. The minimum Gasteiger partial charge on any atom is -0.235 e. The van der Waals surface area contributed by atoms with Crippen molar-refractivity contribution in [3.05, 3.63) is 53.3 Å². The fraction of sp³-hybridized carbons (Fsp3) is 0.294. The van der Waals surface area contributed by atoms with E-state index in [0.29, 0.717) is 0 Å². The number of aromatic nitrogens is 1. The third-order valence-corrected chi connectivity index (χ3v) is 5.72. The maximum atomic E-state index is 13.7. The Labute approximate surface area is 126 Å². The summed E-state index contributed by atoms with van der Waals surface area (Å²) < 4.78 is 15.7.